The second-order valence-electron chi connectivity index (χ2n) is 10.3. The first-order valence-electron chi connectivity index (χ1n) is 14.1. The average molecular weight is 570 g/mol. The molecule has 1 heterocycles. The Kier molecular flexibility index (Phi) is 8.69. The topological polar surface area (TPSA) is 86.8 Å². The maximum Gasteiger partial charge on any atom is 0.265 e. The molecule has 5 rings (SSSR count). The van der Waals surface area contributed by atoms with Gasteiger partial charge < -0.3 is 10.2 Å². The summed E-state index contributed by atoms with van der Waals surface area (Å²) >= 11 is 0. The summed E-state index contributed by atoms with van der Waals surface area (Å²) in [5, 5.41) is 4.58. The molecule has 4 aromatic rings. The Bertz CT molecular complexity index is 1620. The highest BCUT2D eigenvalue weighted by atomic mass is 32.2. The lowest BCUT2D eigenvalue weighted by atomic mass is 10.0. The van der Waals surface area contributed by atoms with Gasteiger partial charge in [0.15, 0.2) is 0 Å². The predicted molar refractivity (Wildman–Crippen MR) is 162 cm³/mol. The van der Waals surface area contributed by atoms with Crippen LogP contribution in [-0.4, -0.2) is 44.3 Å². The lowest BCUT2D eigenvalue weighted by Gasteiger charge is -2.32. The number of nitrogens with zero attached hydrogens (tertiary/aromatic N) is 2. The van der Waals surface area contributed by atoms with Gasteiger partial charge in [0.1, 0.15) is 6.04 Å². The zero-order valence-electron chi connectivity index (χ0n) is 23.2. The van der Waals surface area contributed by atoms with Crippen molar-refractivity contribution in [3.8, 4) is 0 Å². The largest absolute Gasteiger partial charge is 0.354 e. The van der Waals surface area contributed by atoms with Crippen LogP contribution < -0.4 is 9.62 Å². The molecular formula is C33H35N3O4S. The number of nitrogens with one attached hydrogen (secondary N) is 1. The standard InChI is InChI=1S/C33H35N3O4S/c1-2-21-34-33(38)29(23-25-12-5-3-6-13-25)35(24-26-14-7-4-8-15-26)31(37)20-11-22-36-28-18-9-16-27-17-10-19-30(32(27)28)41(36,39)40/h3-10,12-19,29H,2,11,20-24H2,1H3,(H,34,38)/t29-/m0/s1. The maximum absolute atomic E-state index is 13.9. The molecule has 0 bridgehead atoms. The molecule has 1 N–H and O–H groups in total. The van der Waals surface area contributed by atoms with E-state index in [4.69, 9.17) is 0 Å². The van der Waals surface area contributed by atoms with Gasteiger partial charge in [0.25, 0.3) is 10.0 Å². The molecule has 0 saturated carbocycles. The molecule has 1 atom stereocenters. The van der Waals surface area contributed by atoms with Gasteiger partial charge in [-0.15, -0.1) is 0 Å². The molecule has 1 aliphatic heterocycles. The summed E-state index contributed by atoms with van der Waals surface area (Å²) in [6, 6.07) is 29.5. The summed E-state index contributed by atoms with van der Waals surface area (Å²) in [4.78, 5) is 29.3. The van der Waals surface area contributed by atoms with Gasteiger partial charge in [0.2, 0.25) is 11.8 Å². The van der Waals surface area contributed by atoms with Crippen LogP contribution in [0.1, 0.15) is 37.3 Å². The van der Waals surface area contributed by atoms with Crippen LogP contribution in [0.3, 0.4) is 0 Å². The third-order valence-electron chi connectivity index (χ3n) is 7.45. The fraction of sp³-hybridized carbons (Fsp3) is 0.273. The molecule has 2 amide bonds. The summed E-state index contributed by atoms with van der Waals surface area (Å²) in [5.41, 5.74) is 2.53. The maximum atomic E-state index is 13.9. The lowest BCUT2D eigenvalue weighted by Crippen LogP contribution is -2.50. The van der Waals surface area contributed by atoms with Crippen LogP contribution in [0.25, 0.3) is 10.8 Å². The van der Waals surface area contributed by atoms with Crippen LogP contribution in [0, 0.1) is 0 Å². The van der Waals surface area contributed by atoms with E-state index in [0.29, 0.717) is 30.0 Å². The minimum atomic E-state index is -3.70. The second-order valence-corrected chi connectivity index (χ2v) is 12.1. The Morgan fingerprint density at radius 3 is 2.20 bits per heavy atom. The smallest absolute Gasteiger partial charge is 0.265 e. The first-order chi connectivity index (χ1) is 19.9. The third kappa shape index (κ3) is 6.12. The molecule has 41 heavy (non-hydrogen) atoms. The molecule has 212 valence electrons. The van der Waals surface area contributed by atoms with Crippen LogP contribution in [0.5, 0.6) is 0 Å². The van der Waals surface area contributed by atoms with Gasteiger partial charge in [0.05, 0.1) is 10.6 Å². The van der Waals surface area contributed by atoms with E-state index < -0.39 is 16.1 Å². The average Bonchev–Trinajstić information content (AvgIpc) is 3.21. The van der Waals surface area contributed by atoms with E-state index in [2.05, 4.69) is 5.32 Å². The zero-order valence-corrected chi connectivity index (χ0v) is 24.0. The number of amides is 2. The highest BCUT2D eigenvalue weighted by molar-refractivity contribution is 7.93. The summed E-state index contributed by atoms with van der Waals surface area (Å²) in [5.74, 6) is -0.377. The summed E-state index contributed by atoms with van der Waals surface area (Å²) in [6.07, 6.45) is 1.60. The minimum Gasteiger partial charge on any atom is -0.354 e. The number of rotatable bonds is 12. The number of anilines is 1. The van der Waals surface area contributed by atoms with Gasteiger partial charge in [-0.25, -0.2) is 8.42 Å². The van der Waals surface area contributed by atoms with Crippen molar-refractivity contribution in [2.24, 2.45) is 0 Å². The number of hydrogen-bond acceptors (Lipinski definition) is 4. The van der Waals surface area contributed by atoms with Gasteiger partial charge in [-0.2, -0.15) is 0 Å². The van der Waals surface area contributed by atoms with Crippen molar-refractivity contribution in [3.63, 3.8) is 0 Å². The monoisotopic (exact) mass is 569 g/mol. The van der Waals surface area contributed by atoms with E-state index in [0.717, 1.165) is 28.3 Å². The van der Waals surface area contributed by atoms with E-state index in [9.17, 15) is 18.0 Å². The van der Waals surface area contributed by atoms with Crippen molar-refractivity contribution in [2.75, 3.05) is 17.4 Å². The Morgan fingerprint density at radius 2 is 1.51 bits per heavy atom. The zero-order chi connectivity index (χ0) is 28.8. The Morgan fingerprint density at radius 1 is 0.854 bits per heavy atom. The van der Waals surface area contributed by atoms with Gasteiger partial charge >= 0.3 is 0 Å². The van der Waals surface area contributed by atoms with Crippen molar-refractivity contribution in [1.82, 2.24) is 10.2 Å². The van der Waals surface area contributed by atoms with Gasteiger partial charge in [-0.1, -0.05) is 91.9 Å². The van der Waals surface area contributed by atoms with E-state index >= 15 is 0 Å². The predicted octanol–water partition coefficient (Wildman–Crippen LogP) is 5.30. The second kappa shape index (κ2) is 12.6. The highest BCUT2D eigenvalue weighted by Crippen LogP contribution is 2.42. The van der Waals surface area contributed by atoms with E-state index in [1.54, 1.807) is 17.0 Å². The van der Waals surface area contributed by atoms with Gasteiger partial charge in [-0.05, 0) is 41.5 Å². The molecule has 0 radical (unpaired) electrons. The van der Waals surface area contributed by atoms with Crippen molar-refractivity contribution >= 4 is 38.3 Å². The third-order valence-corrected chi connectivity index (χ3v) is 9.30. The number of hydrogen-bond donors (Lipinski definition) is 1. The molecule has 0 aliphatic carbocycles. The highest BCUT2D eigenvalue weighted by Gasteiger charge is 2.36. The van der Waals surface area contributed by atoms with E-state index in [1.807, 2.05) is 91.9 Å². The van der Waals surface area contributed by atoms with Crippen LogP contribution in [0.4, 0.5) is 5.69 Å². The van der Waals surface area contributed by atoms with Crippen molar-refractivity contribution in [2.45, 2.75) is 50.1 Å². The number of benzene rings is 4. The summed E-state index contributed by atoms with van der Waals surface area (Å²) < 4.78 is 28.2. The fourth-order valence-corrected chi connectivity index (χ4v) is 7.17. The van der Waals surface area contributed by atoms with Crippen LogP contribution in [0.15, 0.2) is 102 Å². The van der Waals surface area contributed by atoms with Crippen LogP contribution >= 0.6 is 0 Å². The summed E-state index contributed by atoms with van der Waals surface area (Å²) in [6.45, 7) is 2.97. The lowest BCUT2D eigenvalue weighted by molar-refractivity contribution is -0.141. The van der Waals surface area contributed by atoms with Crippen LogP contribution in [-0.2, 0) is 32.6 Å². The summed E-state index contributed by atoms with van der Waals surface area (Å²) in [7, 11) is -3.70. The molecule has 0 fully saturated rings. The quantitative estimate of drug-likeness (QED) is 0.251. The molecule has 8 heteroatoms. The molecule has 4 aromatic carbocycles. The first-order valence-corrected chi connectivity index (χ1v) is 15.5. The molecule has 0 spiro atoms. The number of sulfonamides is 1. The van der Waals surface area contributed by atoms with Crippen molar-refractivity contribution in [3.05, 3.63) is 108 Å². The molecule has 7 nitrogen and oxygen atoms in total. The normalized spacial score (nSPS) is 14.1. The molecule has 0 unspecified atom stereocenters. The Labute approximate surface area is 241 Å². The van der Waals surface area contributed by atoms with Crippen molar-refractivity contribution < 1.29 is 18.0 Å². The number of carbonyl (C=O) groups excluding carboxylic acids is 2. The molecule has 0 saturated heterocycles. The first kappa shape index (κ1) is 28.4. The van der Waals surface area contributed by atoms with Gasteiger partial charge in [-0.3, -0.25) is 13.9 Å². The van der Waals surface area contributed by atoms with Gasteiger partial charge in [0, 0.05) is 37.9 Å². The molecule has 0 aromatic heterocycles. The van der Waals surface area contributed by atoms with E-state index in [1.165, 1.54) is 4.31 Å². The molecular weight excluding hydrogens is 534 g/mol. The van der Waals surface area contributed by atoms with Crippen LogP contribution in [0.2, 0.25) is 0 Å². The fourth-order valence-electron chi connectivity index (χ4n) is 5.42. The van der Waals surface area contributed by atoms with Crippen molar-refractivity contribution in [1.29, 1.82) is 0 Å². The SMILES string of the molecule is CCCNC(=O)[C@H](Cc1ccccc1)N(Cc1ccccc1)C(=O)CCCN1c2cccc3cccc(c23)S1(=O)=O. The minimum absolute atomic E-state index is 0.109. The van der Waals surface area contributed by atoms with E-state index in [-0.39, 0.29) is 31.3 Å². The number of carbonyl (C=O) groups is 2. The molecule has 1 aliphatic rings. The Balaban J connectivity index is 1.37. The Hall–Kier alpha value is -4.17.